The van der Waals surface area contributed by atoms with Crippen molar-refractivity contribution in [1.82, 2.24) is 16.0 Å². The molecular weight excluding hydrogens is 1100 g/mol. The molecule has 0 aromatic rings. The number of allylic oxidation sites excluding steroid dienone is 1. The van der Waals surface area contributed by atoms with Gasteiger partial charge >= 0.3 is 11.9 Å². The summed E-state index contributed by atoms with van der Waals surface area (Å²) in [5.41, 5.74) is 12.0. The number of rotatable bonds is 14. The summed E-state index contributed by atoms with van der Waals surface area (Å²) in [6.45, 7) is -2.12. The molecule has 1 unspecified atom stereocenters. The van der Waals surface area contributed by atoms with Gasteiger partial charge in [0.2, 0.25) is 12.1 Å². The second-order valence-electron chi connectivity index (χ2n) is 20.9. The Balaban J connectivity index is 1.36. The number of carbonyl (C=O) groups excluding carboxylic acids is 1. The van der Waals surface area contributed by atoms with Crippen molar-refractivity contribution in [2.24, 2.45) is 44.6 Å². The Kier molecular flexibility index (Phi) is 19.1. The molecule has 1 saturated heterocycles. The predicted octanol–water partition coefficient (Wildman–Crippen LogP) is -3.15. The maximum absolute atomic E-state index is 15.6. The summed E-state index contributed by atoms with van der Waals surface area (Å²) >= 11 is 0. The van der Waals surface area contributed by atoms with E-state index >= 15 is 4.79 Å². The van der Waals surface area contributed by atoms with Gasteiger partial charge in [-0.05, 0) is 64.0 Å². The molecule has 0 aromatic carbocycles. The largest absolute Gasteiger partial charge is 0.477 e. The fourth-order valence-electron chi connectivity index (χ4n) is 12.2. The lowest BCUT2D eigenvalue weighted by Crippen LogP contribution is -3.14. The quantitative estimate of drug-likeness (QED) is 0.0119. The molecule has 2 aliphatic carbocycles. The van der Waals surface area contributed by atoms with E-state index < -0.39 is 114 Å². The third kappa shape index (κ3) is 11.9. The predicted molar refractivity (Wildman–Crippen MR) is 290 cm³/mol. The monoisotopic (exact) mass is 1170 g/mol. The Bertz CT molecular complexity index is 2520. The standard InChI is InChI=1S/C50H70N8O16S4/c1-53-36(22-63)73-40-44(72-35(21-62)39(64)50(40,68)69)74-45-48-8-2-13-75-78-49(16-29-15-28(7-9-48)55-47(52)56-29)10-6-25-14-27-17-58(18-30(42(65)66)38(27)57-46(51)54-11-3-12-59)33(20-61)41(49)77-76-24-32-26(19-60)4-5-34(32)71-43(67)31(23-70-45)37(25)48/h2,8,14,18,23,26,28-29,32-37,39-41,44-45,53,59-64,68-69H,3-5,7,9,11-13,15-17,19-22,24H2,1H3,(H,65,66)(H3,51,54,57)(H3,52,55,56)/p+1/b8-2+,25-14+/t26-,28-,29+,32-,33-,34+,35-,36-,37-,39-,40+,41+,44+,45+,48+,49-/m1/s1. The molecule has 1 saturated carbocycles. The van der Waals surface area contributed by atoms with Crippen LogP contribution < -0.4 is 32.3 Å². The van der Waals surface area contributed by atoms with Gasteiger partial charge in [-0.1, -0.05) is 67.2 Å². The molecule has 0 amide bonds. The maximum Gasteiger partial charge on any atom is 0.343 e. The van der Waals surface area contributed by atoms with Gasteiger partial charge in [0.1, 0.15) is 53.6 Å². The van der Waals surface area contributed by atoms with Crippen LogP contribution in [0.15, 0.2) is 68.7 Å². The first-order valence-corrected chi connectivity index (χ1v) is 30.8. The first-order valence-electron chi connectivity index (χ1n) is 26.1. The number of carboxylic acid groups (broad SMARTS) is 1. The van der Waals surface area contributed by atoms with Gasteiger partial charge in [-0.25, -0.2) is 9.59 Å². The number of aliphatic carboxylic acids is 1. The Morgan fingerprint density at radius 3 is 2.69 bits per heavy atom. The normalized spacial score (nSPS) is 39.9. The molecule has 0 radical (unpaired) electrons. The molecule has 17 atom stereocenters. The van der Waals surface area contributed by atoms with Crippen molar-refractivity contribution < 1.29 is 84.1 Å². The minimum atomic E-state index is -3.18. The molecule has 430 valence electrons. The van der Waals surface area contributed by atoms with Crippen LogP contribution in [0, 0.1) is 35.0 Å². The topological polar surface area (TPSA) is 380 Å². The number of esters is 1. The number of fused-ring (bicyclic) bond motifs is 5. The van der Waals surface area contributed by atoms with Gasteiger partial charge in [-0.15, -0.1) is 0 Å². The molecule has 78 heavy (non-hydrogen) atoms. The van der Waals surface area contributed by atoms with Gasteiger partial charge in [0.25, 0.3) is 0 Å². The van der Waals surface area contributed by atoms with Crippen LogP contribution in [0.1, 0.15) is 44.9 Å². The lowest BCUT2D eigenvalue weighted by molar-refractivity contribution is -0.870. The highest BCUT2D eigenvalue weighted by Gasteiger charge is 2.61. The highest BCUT2D eigenvalue weighted by molar-refractivity contribution is 8.79. The average Bonchev–Trinajstić information content (AvgIpc) is 3.89. The number of nitrogens with two attached hydrogens (primary N) is 2. The van der Waals surface area contributed by atoms with Crippen molar-refractivity contribution in [2.75, 3.05) is 64.7 Å². The van der Waals surface area contributed by atoms with Crippen LogP contribution in [0.5, 0.6) is 0 Å². The van der Waals surface area contributed by atoms with E-state index in [1.54, 1.807) is 12.3 Å². The molecule has 17 N–H and O–H groups in total. The van der Waals surface area contributed by atoms with E-state index in [2.05, 4.69) is 32.8 Å². The third-order valence-corrected chi connectivity index (χ3v) is 22.2. The third-order valence-electron chi connectivity index (χ3n) is 16.1. The number of carboxylic acids is 1. The Hall–Kier alpha value is -3.58. The number of hydrogen-bond acceptors (Lipinski definition) is 24. The first-order chi connectivity index (χ1) is 37.5. The summed E-state index contributed by atoms with van der Waals surface area (Å²) in [6.07, 6.45) is -0.426. The van der Waals surface area contributed by atoms with Crippen molar-refractivity contribution in [3.63, 3.8) is 0 Å². The van der Waals surface area contributed by atoms with Crippen molar-refractivity contribution in [3.8, 4) is 11.8 Å². The van der Waals surface area contributed by atoms with Crippen molar-refractivity contribution >= 4 is 67.0 Å². The van der Waals surface area contributed by atoms with Crippen LogP contribution in [0.25, 0.3) is 0 Å². The Labute approximate surface area is 466 Å². The molecule has 9 bridgehead atoms. The van der Waals surface area contributed by atoms with Gasteiger partial charge < -0.3 is 91.7 Å². The Morgan fingerprint density at radius 1 is 1.14 bits per heavy atom. The number of carbonyl (C=O) groups is 2. The number of quaternary nitrogens is 1. The number of nitrogens with one attached hydrogen (secondary N) is 4. The van der Waals surface area contributed by atoms with Crippen molar-refractivity contribution in [3.05, 3.63) is 58.7 Å². The summed E-state index contributed by atoms with van der Waals surface area (Å²) in [7, 11) is 7.53. The summed E-state index contributed by atoms with van der Waals surface area (Å²) in [4.78, 5) is 39.1. The lowest BCUT2D eigenvalue weighted by atomic mass is 9.63. The van der Waals surface area contributed by atoms with E-state index in [-0.39, 0.29) is 97.8 Å². The van der Waals surface area contributed by atoms with Gasteiger partial charge in [-0.2, -0.15) is 0 Å². The average molecular weight is 1170 g/mol. The van der Waals surface area contributed by atoms with Gasteiger partial charge in [0, 0.05) is 60.3 Å². The molecule has 9 aliphatic rings. The molecule has 7 aliphatic heterocycles. The molecule has 9 rings (SSSR count). The molecular formula is C50H71N8O16S4+. The molecule has 2 fully saturated rings. The van der Waals surface area contributed by atoms with Crippen molar-refractivity contribution in [1.29, 1.82) is 0 Å². The lowest BCUT2D eigenvalue weighted by Gasteiger charge is -2.51. The number of guanidine groups is 2. The van der Waals surface area contributed by atoms with E-state index in [4.69, 9.17) is 40.1 Å². The van der Waals surface area contributed by atoms with Gasteiger partial charge in [0.15, 0.2) is 24.3 Å². The minimum absolute atomic E-state index is 0.00925. The highest BCUT2D eigenvalue weighted by atomic mass is 33.1. The van der Waals surface area contributed by atoms with Crippen LogP contribution in [0.4, 0.5) is 0 Å². The van der Waals surface area contributed by atoms with E-state index in [1.165, 1.54) is 56.5 Å². The molecule has 24 nitrogen and oxygen atoms in total. The second kappa shape index (κ2) is 25.3. The summed E-state index contributed by atoms with van der Waals surface area (Å²) in [5.74, 6) is 1.18. The van der Waals surface area contributed by atoms with Gasteiger partial charge in [-0.3, -0.25) is 20.2 Å². The number of aliphatic hydroxyl groups is 8. The van der Waals surface area contributed by atoms with E-state index in [1.807, 2.05) is 12.2 Å². The van der Waals surface area contributed by atoms with E-state index in [9.17, 15) is 50.8 Å². The Morgan fingerprint density at radius 2 is 1.96 bits per heavy atom. The zero-order valence-electron chi connectivity index (χ0n) is 42.8. The smallest absolute Gasteiger partial charge is 0.343 e. The number of hydrogen-bond donors (Lipinski definition) is 15. The van der Waals surface area contributed by atoms with E-state index in [0.29, 0.717) is 47.7 Å². The second-order valence-corrected chi connectivity index (χ2v) is 26.1. The first kappa shape index (κ1) is 59.1. The van der Waals surface area contributed by atoms with E-state index in [0.717, 1.165) is 0 Å². The summed E-state index contributed by atoms with van der Waals surface area (Å²) in [5, 5.41) is 107. The number of aliphatic imine (C=N–C) groups is 2. The van der Waals surface area contributed by atoms with Crippen molar-refractivity contribution in [2.45, 2.75) is 122 Å². The SMILES string of the molecule is CN[C@@H](CO)O[C@H]1[C@H](O[C@@H]2OC=C3C(=O)O[C@H]4CC[C@H](CO)[C@H]4CSS[C@H]4[C@@H](CO)[NH+]5C=C(C(=O)O)C(NC(N)=NCCCO)=C(/C=C6\C#C[C@@]47C[C@@H]4C[C@@H](CC[C@@]2(/C=C/CSS7)[C@@H]36)N=C(N)N4)C5)O[C@H](CO)[C@@H](O)C1(O)O. The minimum Gasteiger partial charge on any atom is -0.477 e. The fourth-order valence-corrected chi connectivity index (χ4v) is 19.2. The fraction of sp³-hybridized carbons (Fsp3) is 0.680. The zero-order chi connectivity index (χ0) is 55.5. The molecule has 0 aromatic heterocycles. The zero-order valence-corrected chi connectivity index (χ0v) is 46.1. The number of ether oxygens (including phenoxy) is 5. The van der Waals surface area contributed by atoms with Crippen LogP contribution >= 0.6 is 43.2 Å². The van der Waals surface area contributed by atoms with Gasteiger partial charge in [0.05, 0.1) is 54.1 Å². The number of likely N-dealkylation sites (N-methyl/N-ethyl adjacent to an activating group) is 1. The maximum atomic E-state index is 15.6. The molecule has 7 heterocycles. The summed E-state index contributed by atoms with van der Waals surface area (Å²) < 4.78 is 31.2. The highest BCUT2D eigenvalue weighted by Crippen LogP contribution is 2.56. The molecule has 28 heteroatoms. The number of nitrogens with zero attached hydrogens (tertiary/aromatic N) is 2. The number of aliphatic hydroxyl groups excluding tert-OH is 6. The van der Waals surface area contributed by atoms with Crippen LogP contribution in [0.3, 0.4) is 0 Å². The summed E-state index contributed by atoms with van der Waals surface area (Å²) in [6, 6.07) is -1.49. The molecule has 0 spiro atoms. The van der Waals surface area contributed by atoms with Crippen LogP contribution in [-0.4, -0.2) is 212 Å². The van der Waals surface area contributed by atoms with Crippen LogP contribution in [0.2, 0.25) is 0 Å². The van der Waals surface area contributed by atoms with Crippen LogP contribution in [-0.2, 0) is 33.3 Å².